The lowest BCUT2D eigenvalue weighted by Gasteiger charge is -2.08. The van der Waals surface area contributed by atoms with E-state index >= 15 is 0 Å². The highest BCUT2D eigenvalue weighted by Crippen LogP contribution is 2.29. The number of ether oxygens (including phenoxy) is 1. The van der Waals surface area contributed by atoms with Crippen molar-refractivity contribution in [3.8, 4) is 5.75 Å². The summed E-state index contributed by atoms with van der Waals surface area (Å²) in [6, 6.07) is 1.97. The highest BCUT2D eigenvalue weighted by atomic mass is 79.9. The molecule has 1 rings (SSSR count). The van der Waals surface area contributed by atoms with Crippen LogP contribution >= 0.6 is 31.9 Å². The van der Waals surface area contributed by atoms with Gasteiger partial charge in [0.1, 0.15) is 5.82 Å². The Hall–Kier alpha value is -0.160. The van der Waals surface area contributed by atoms with E-state index in [1.165, 1.54) is 6.07 Å². The molecule has 0 fully saturated rings. The summed E-state index contributed by atoms with van der Waals surface area (Å²) in [5.74, 6) is -1.25. The number of halogens is 4. The van der Waals surface area contributed by atoms with Gasteiger partial charge >= 0.3 is 0 Å². The van der Waals surface area contributed by atoms with Crippen molar-refractivity contribution in [1.82, 2.24) is 0 Å². The Balaban J connectivity index is 2.75. The predicted octanol–water partition coefficient (Wildman–Crippen LogP) is 3.89. The van der Waals surface area contributed by atoms with Gasteiger partial charge in [0.2, 0.25) is 0 Å². The Bertz CT molecular complexity index is 295. The van der Waals surface area contributed by atoms with Gasteiger partial charge in [-0.3, -0.25) is 0 Å². The summed E-state index contributed by atoms with van der Waals surface area (Å²) in [4.78, 5) is 0. The lowest BCUT2D eigenvalue weighted by molar-refractivity contribution is 0.299. The smallest absolute Gasteiger partial charge is 0.169 e. The van der Waals surface area contributed by atoms with E-state index in [0.717, 1.165) is 17.8 Å². The van der Waals surface area contributed by atoms with Gasteiger partial charge in [0.15, 0.2) is 11.6 Å². The summed E-state index contributed by atoms with van der Waals surface area (Å²) in [6.07, 6.45) is 0.767. The third-order valence-corrected chi connectivity index (χ3v) is 2.64. The van der Waals surface area contributed by atoms with E-state index in [9.17, 15) is 8.78 Å². The molecule has 0 saturated carbocycles. The monoisotopic (exact) mass is 328 g/mol. The summed E-state index contributed by atoms with van der Waals surface area (Å²) in [5.41, 5.74) is 0. The number of hydrogen-bond donors (Lipinski definition) is 0. The molecule has 0 amide bonds. The summed E-state index contributed by atoms with van der Waals surface area (Å²) >= 11 is 6.26. The molecule has 5 heteroatoms. The Kier molecular flexibility index (Phi) is 4.81. The second-order valence-corrected chi connectivity index (χ2v) is 4.24. The molecule has 0 aliphatic rings. The molecule has 78 valence electrons. The fourth-order valence-electron chi connectivity index (χ4n) is 0.896. The van der Waals surface area contributed by atoms with Crippen LogP contribution in [0.1, 0.15) is 6.42 Å². The Morgan fingerprint density at radius 3 is 2.57 bits per heavy atom. The van der Waals surface area contributed by atoms with Gasteiger partial charge in [0, 0.05) is 11.4 Å². The Morgan fingerprint density at radius 2 is 2.00 bits per heavy atom. The average Bonchev–Trinajstić information content (AvgIpc) is 2.09. The fourth-order valence-corrected chi connectivity index (χ4v) is 1.65. The molecule has 0 radical (unpaired) electrons. The van der Waals surface area contributed by atoms with Gasteiger partial charge in [-0.15, -0.1) is 0 Å². The van der Waals surface area contributed by atoms with Crippen molar-refractivity contribution in [2.24, 2.45) is 0 Å². The highest BCUT2D eigenvalue weighted by molar-refractivity contribution is 9.10. The molecule has 0 saturated heterocycles. The summed E-state index contributed by atoms with van der Waals surface area (Å²) < 4.78 is 31.2. The van der Waals surface area contributed by atoms with Gasteiger partial charge < -0.3 is 4.74 Å². The molecule has 0 bridgehead atoms. The maximum Gasteiger partial charge on any atom is 0.169 e. The molecule has 1 aromatic rings. The minimum absolute atomic E-state index is 0.0624. The lowest BCUT2D eigenvalue weighted by atomic mass is 10.3. The lowest BCUT2D eigenvalue weighted by Crippen LogP contribution is -2.00. The van der Waals surface area contributed by atoms with Crippen molar-refractivity contribution < 1.29 is 13.5 Å². The summed E-state index contributed by atoms with van der Waals surface area (Å²) in [6.45, 7) is 0.395. The number of hydrogen-bond acceptors (Lipinski definition) is 1. The van der Waals surface area contributed by atoms with Crippen LogP contribution in [0, 0.1) is 11.6 Å². The van der Waals surface area contributed by atoms with Gasteiger partial charge in [-0.25, -0.2) is 8.78 Å². The SMILES string of the molecule is Fc1cc(F)c(OCCCBr)c(Br)c1. The molecule has 0 aliphatic heterocycles. The maximum atomic E-state index is 13.1. The van der Waals surface area contributed by atoms with Gasteiger partial charge in [0.25, 0.3) is 0 Å². The van der Waals surface area contributed by atoms with E-state index < -0.39 is 11.6 Å². The number of alkyl halides is 1. The zero-order chi connectivity index (χ0) is 10.6. The molecule has 0 spiro atoms. The second kappa shape index (κ2) is 5.66. The van der Waals surface area contributed by atoms with Crippen molar-refractivity contribution in [3.05, 3.63) is 28.2 Å². The van der Waals surface area contributed by atoms with E-state index in [-0.39, 0.29) is 5.75 Å². The van der Waals surface area contributed by atoms with Crippen molar-refractivity contribution in [2.75, 3.05) is 11.9 Å². The first-order valence-electron chi connectivity index (χ1n) is 3.98. The first-order valence-corrected chi connectivity index (χ1v) is 5.90. The Labute approximate surface area is 97.7 Å². The molecular formula is C9H8Br2F2O. The second-order valence-electron chi connectivity index (χ2n) is 2.59. The topological polar surface area (TPSA) is 9.23 Å². The van der Waals surface area contributed by atoms with Crippen LogP contribution < -0.4 is 4.74 Å². The van der Waals surface area contributed by atoms with Crippen LogP contribution in [-0.2, 0) is 0 Å². The van der Waals surface area contributed by atoms with Crippen LogP contribution in [0.3, 0.4) is 0 Å². The largest absolute Gasteiger partial charge is 0.489 e. The molecule has 14 heavy (non-hydrogen) atoms. The van der Waals surface area contributed by atoms with Crippen LogP contribution in [0.15, 0.2) is 16.6 Å². The van der Waals surface area contributed by atoms with E-state index in [1.54, 1.807) is 0 Å². The fraction of sp³-hybridized carbons (Fsp3) is 0.333. The normalized spacial score (nSPS) is 10.3. The minimum atomic E-state index is -0.688. The van der Waals surface area contributed by atoms with Crippen LogP contribution in [0.5, 0.6) is 5.75 Å². The molecule has 0 heterocycles. The quantitative estimate of drug-likeness (QED) is 0.601. The van der Waals surface area contributed by atoms with E-state index in [0.29, 0.717) is 11.1 Å². The third kappa shape index (κ3) is 3.20. The van der Waals surface area contributed by atoms with Crippen LogP contribution in [-0.4, -0.2) is 11.9 Å². The zero-order valence-corrected chi connectivity index (χ0v) is 10.4. The summed E-state index contributed by atoms with van der Waals surface area (Å²) in [7, 11) is 0. The van der Waals surface area contributed by atoms with Crippen LogP contribution in [0.2, 0.25) is 0 Å². The zero-order valence-electron chi connectivity index (χ0n) is 7.20. The summed E-state index contributed by atoms with van der Waals surface area (Å²) in [5, 5.41) is 0.785. The predicted molar refractivity (Wildman–Crippen MR) is 58.0 cm³/mol. The standard InChI is InChI=1S/C9H8Br2F2O/c10-2-1-3-14-9-7(11)4-6(12)5-8(9)13/h4-5H,1-3H2. The molecular weight excluding hydrogens is 322 g/mol. The van der Waals surface area contributed by atoms with E-state index in [1.807, 2.05) is 0 Å². The van der Waals surface area contributed by atoms with E-state index in [4.69, 9.17) is 4.74 Å². The molecule has 0 N–H and O–H groups in total. The third-order valence-electron chi connectivity index (χ3n) is 1.49. The van der Waals surface area contributed by atoms with Gasteiger partial charge in [-0.2, -0.15) is 0 Å². The van der Waals surface area contributed by atoms with Crippen LogP contribution in [0.25, 0.3) is 0 Å². The van der Waals surface area contributed by atoms with Gasteiger partial charge in [-0.05, 0) is 28.4 Å². The molecule has 0 unspecified atom stereocenters. The molecule has 1 nitrogen and oxygen atoms in total. The molecule has 1 aromatic carbocycles. The van der Waals surface area contributed by atoms with Crippen molar-refractivity contribution >= 4 is 31.9 Å². The Morgan fingerprint density at radius 1 is 1.29 bits per heavy atom. The minimum Gasteiger partial charge on any atom is -0.489 e. The average molecular weight is 330 g/mol. The number of benzene rings is 1. The maximum absolute atomic E-state index is 13.1. The van der Waals surface area contributed by atoms with Crippen molar-refractivity contribution in [2.45, 2.75) is 6.42 Å². The number of rotatable bonds is 4. The van der Waals surface area contributed by atoms with Crippen LogP contribution in [0.4, 0.5) is 8.78 Å². The molecule has 0 atom stereocenters. The first-order chi connectivity index (χ1) is 6.65. The highest BCUT2D eigenvalue weighted by Gasteiger charge is 2.10. The van der Waals surface area contributed by atoms with Gasteiger partial charge in [-0.1, -0.05) is 15.9 Å². The first kappa shape index (κ1) is 11.9. The molecule has 0 aliphatic carbocycles. The van der Waals surface area contributed by atoms with Crippen molar-refractivity contribution in [1.29, 1.82) is 0 Å². The van der Waals surface area contributed by atoms with Gasteiger partial charge in [0.05, 0.1) is 11.1 Å². The van der Waals surface area contributed by atoms with E-state index in [2.05, 4.69) is 31.9 Å². The van der Waals surface area contributed by atoms with Crippen molar-refractivity contribution in [3.63, 3.8) is 0 Å². The molecule has 0 aromatic heterocycles.